The molecule has 0 spiro atoms. The number of hydrogen-bond acceptors (Lipinski definition) is 5. The van der Waals surface area contributed by atoms with E-state index in [1.54, 1.807) is 37.3 Å². The summed E-state index contributed by atoms with van der Waals surface area (Å²) in [5.41, 5.74) is -1.29. The number of nitrogens with one attached hydrogen (secondary N) is 2. The number of furan rings is 1. The molecular weight excluding hydrogens is 360 g/mol. The Morgan fingerprint density at radius 2 is 1.85 bits per heavy atom. The summed E-state index contributed by atoms with van der Waals surface area (Å²) in [5.74, 6) is -1.89. The molecule has 2 aromatic rings. The molecule has 26 heavy (non-hydrogen) atoms. The van der Waals surface area contributed by atoms with Gasteiger partial charge in [0.15, 0.2) is 5.54 Å². The lowest BCUT2D eigenvalue weighted by Gasteiger charge is -2.29. The van der Waals surface area contributed by atoms with Crippen LogP contribution >= 0.6 is 0 Å². The molecule has 0 aliphatic heterocycles. The van der Waals surface area contributed by atoms with Crippen molar-refractivity contribution in [2.24, 2.45) is 0 Å². The second-order valence-corrected chi connectivity index (χ2v) is 7.44. The summed E-state index contributed by atoms with van der Waals surface area (Å²) in [7, 11) is -2.65. The highest BCUT2D eigenvalue weighted by Gasteiger charge is 2.41. The molecule has 1 aromatic heterocycles. The molecule has 0 aliphatic carbocycles. The lowest BCUT2D eigenvalue weighted by atomic mass is 9.87. The van der Waals surface area contributed by atoms with Gasteiger partial charge in [-0.2, -0.15) is 0 Å². The third-order valence-corrected chi connectivity index (χ3v) is 5.43. The van der Waals surface area contributed by atoms with Crippen LogP contribution in [0.2, 0.25) is 0 Å². The van der Waals surface area contributed by atoms with Gasteiger partial charge in [-0.1, -0.05) is 37.3 Å². The van der Waals surface area contributed by atoms with Crippen LogP contribution in [0.15, 0.2) is 45.9 Å². The summed E-state index contributed by atoms with van der Waals surface area (Å²) in [6.07, 6.45) is 0.0939. The number of sulfonamides is 1. The Hall–Kier alpha value is -2.65. The van der Waals surface area contributed by atoms with Crippen molar-refractivity contribution in [3.63, 3.8) is 0 Å². The second kappa shape index (κ2) is 7.30. The molecule has 0 saturated heterocycles. The minimum absolute atomic E-state index is 0.0474. The average molecular weight is 380 g/mol. The molecule has 1 aromatic carbocycles. The van der Waals surface area contributed by atoms with Crippen LogP contribution in [-0.4, -0.2) is 32.4 Å². The Morgan fingerprint density at radius 3 is 2.35 bits per heavy atom. The number of amides is 1. The SMILES string of the molecule is CCC(NC(=O)c1cc(S(=O)(=O)NC)oc1C)(C(=O)O)c1ccccc1. The van der Waals surface area contributed by atoms with Gasteiger partial charge >= 0.3 is 5.97 Å². The van der Waals surface area contributed by atoms with Crippen molar-refractivity contribution in [2.45, 2.75) is 30.9 Å². The number of hydrogen-bond donors (Lipinski definition) is 3. The molecule has 0 aliphatic rings. The van der Waals surface area contributed by atoms with Gasteiger partial charge in [-0.3, -0.25) is 4.79 Å². The van der Waals surface area contributed by atoms with Gasteiger partial charge in [0.1, 0.15) is 5.76 Å². The van der Waals surface area contributed by atoms with Crippen LogP contribution in [0.5, 0.6) is 0 Å². The zero-order chi connectivity index (χ0) is 19.5. The minimum atomic E-state index is -3.86. The summed E-state index contributed by atoms with van der Waals surface area (Å²) >= 11 is 0. The van der Waals surface area contributed by atoms with Crippen LogP contribution in [-0.2, 0) is 20.4 Å². The van der Waals surface area contributed by atoms with E-state index < -0.39 is 32.5 Å². The fourth-order valence-electron chi connectivity index (χ4n) is 2.59. The lowest BCUT2D eigenvalue weighted by molar-refractivity contribution is -0.145. The summed E-state index contributed by atoms with van der Waals surface area (Å²) in [6.45, 7) is 3.07. The standard InChI is InChI=1S/C17H20N2O6S/c1-4-17(16(21)22,12-8-6-5-7-9-12)19-15(20)13-10-14(25-11(13)2)26(23,24)18-3/h5-10,18H,4H2,1-3H3,(H,19,20)(H,21,22). The van der Waals surface area contributed by atoms with Crippen molar-refractivity contribution in [1.29, 1.82) is 0 Å². The maximum atomic E-state index is 12.7. The molecule has 0 saturated carbocycles. The van der Waals surface area contributed by atoms with Crippen LogP contribution < -0.4 is 10.0 Å². The van der Waals surface area contributed by atoms with E-state index in [9.17, 15) is 23.1 Å². The molecule has 0 bridgehead atoms. The summed E-state index contributed by atoms with van der Waals surface area (Å²) in [4.78, 5) is 24.7. The van der Waals surface area contributed by atoms with Gasteiger partial charge in [0.2, 0.25) is 5.09 Å². The van der Waals surface area contributed by atoms with Crippen LogP contribution in [0.3, 0.4) is 0 Å². The van der Waals surface area contributed by atoms with E-state index in [1.165, 1.54) is 14.0 Å². The third kappa shape index (κ3) is 3.49. The van der Waals surface area contributed by atoms with Crippen LogP contribution in [0, 0.1) is 6.92 Å². The highest BCUT2D eigenvalue weighted by molar-refractivity contribution is 7.89. The molecule has 8 nitrogen and oxygen atoms in total. The van der Waals surface area contributed by atoms with Crippen LogP contribution in [0.1, 0.15) is 35.0 Å². The predicted octanol–water partition coefficient (Wildman–Crippen LogP) is 1.62. The monoisotopic (exact) mass is 380 g/mol. The van der Waals surface area contributed by atoms with E-state index in [-0.39, 0.29) is 17.7 Å². The fourth-order valence-corrected chi connectivity index (χ4v) is 3.30. The fraction of sp³-hybridized carbons (Fsp3) is 0.294. The van der Waals surface area contributed by atoms with Crippen molar-refractivity contribution in [3.05, 3.63) is 53.3 Å². The number of carbonyl (C=O) groups is 2. The number of benzene rings is 1. The molecule has 1 unspecified atom stereocenters. The number of aliphatic carboxylic acids is 1. The number of rotatable bonds is 7. The van der Waals surface area contributed by atoms with E-state index >= 15 is 0 Å². The number of carboxylic acids is 1. The first-order chi connectivity index (χ1) is 12.2. The van der Waals surface area contributed by atoms with Gasteiger partial charge in [0.05, 0.1) is 5.56 Å². The van der Waals surface area contributed by atoms with Crippen molar-refractivity contribution < 1.29 is 27.5 Å². The quantitative estimate of drug-likeness (QED) is 0.670. The molecule has 1 heterocycles. The number of carboxylic acid groups (broad SMARTS) is 1. The smallest absolute Gasteiger partial charge is 0.334 e. The van der Waals surface area contributed by atoms with E-state index in [2.05, 4.69) is 10.0 Å². The Kier molecular flexibility index (Phi) is 5.53. The summed E-state index contributed by atoms with van der Waals surface area (Å²) < 4.78 is 30.9. The first-order valence-corrected chi connectivity index (χ1v) is 9.31. The van der Waals surface area contributed by atoms with Gasteiger partial charge in [0, 0.05) is 6.07 Å². The molecule has 2 rings (SSSR count). The zero-order valence-corrected chi connectivity index (χ0v) is 15.4. The molecule has 0 fully saturated rings. The average Bonchev–Trinajstić information content (AvgIpc) is 3.02. The maximum Gasteiger partial charge on any atom is 0.334 e. The first kappa shape index (κ1) is 19.7. The first-order valence-electron chi connectivity index (χ1n) is 7.83. The van der Waals surface area contributed by atoms with E-state index in [1.807, 2.05) is 0 Å². The van der Waals surface area contributed by atoms with Crippen molar-refractivity contribution in [1.82, 2.24) is 10.0 Å². The molecule has 0 radical (unpaired) electrons. The largest absolute Gasteiger partial charge is 0.479 e. The predicted molar refractivity (Wildman–Crippen MR) is 93.2 cm³/mol. The molecule has 1 amide bonds. The Bertz CT molecular complexity index is 920. The Labute approximate surface area is 151 Å². The van der Waals surface area contributed by atoms with Gasteiger partial charge < -0.3 is 14.8 Å². The second-order valence-electron chi connectivity index (χ2n) is 5.63. The van der Waals surface area contributed by atoms with Crippen LogP contribution in [0.4, 0.5) is 0 Å². The van der Waals surface area contributed by atoms with Gasteiger partial charge in [-0.25, -0.2) is 17.9 Å². The van der Waals surface area contributed by atoms with Gasteiger partial charge in [-0.15, -0.1) is 0 Å². The zero-order valence-electron chi connectivity index (χ0n) is 14.6. The maximum absolute atomic E-state index is 12.7. The normalized spacial score (nSPS) is 13.8. The van der Waals surface area contributed by atoms with E-state index in [0.29, 0.717) is 5.56 Å². The number of carbonyl (C=O) groups excluding carboxylic acids is 1. The van der Waals surface area contributed by atoms with Crippen molar-refractivity contribution in [3.8, 4) is 0 Å². The van der Waals surface area contributed by atoms with Gasteiger partial charge in [-0.05, 0) is 26.0 Å². The summed E-state index contributed by atoms with van der Waals surface area (Å²) in [6, 6.07) is 9.38. The lowest BCUT2D eigenvalue weighted by Crippen LogP contribution is -2.51. The Morgan fingerprint density at radius 1 is 1.23 bits per heavy atom. The van der Waals surface area contributed by atoms with Gasteiger partial charge in [0.25, 0.3) is 15.9 Å². The third-order valence-electron chi connectivity index (χ3n) is 4.16. The van der Waals surface area contributed by atoms with Crippen LogP contribution in [0.25, 0.3) is 0 Å². The highest BCUT2D eigenvalue weighted by atomic mass is 32.2. The highest BCUT2D eigenvalue weighted by Crippen LogP contribution is 2.27. The van der Waals surface area contributed by atoms with E-state index in [0.717, 1.165) is 6.07 Å². The Balaban J connectivity index is 2.45. The van der Waals surface area contributed by atoms with Crippen molar-refractivity contribution >= 4 is 21.9 Å². The molecule has 140 valence electrons. The van der Waals surface area contributed by atoms with Crippen molar-refractivity contribution in [2.75, 3.05) is 7.05 Å². The summed E-state index contributed by atoms with van der Waals surface area (Å²) in [5, 5.41) is 11.9. The molecule has 9 heteroatoms. The topological polar surface area (TPSA) is 126 Å². The molecular formula is C17H20N2O6S. The number of aryl methyl sites for hydroxylation is 1. The molecule has 1 atom stereocenters. The van der Waals surface area contributed by atoms with E-state index in [4.69, 9.17) is 4.42 Å². The molecule has 3 N–H and O–H groups in total. The minimum Gasteiger partial charge on any atom is -0.479 e.